The van der Waals surface area contributed by atoms with Crippen molar-refractivity contribution in [1.82, 2.24) is 5.32 Å². The molecule has 0 aliphatic carbocycles. The third kappa shape index (κ3) is 5.95. The van der Waals surface area contributed by atoms with Crippen molar-refractivity contribution in [2.24, 2.45) is 5.92 Å². The predicted molar refractivity (Wildman–Crippen MR) is 105 cm³/mol. The van der Waals surface area contributed by atoms with E-state index in [9.17, 15) is 4.79 Å². The summed E-state index contributed by atoms with van der Waals surface area (Å²) in [6.07, 6.45) is 0.232. The summed E-state index contributed by atoms with van der Waals surface area (Å²) in [5.74, 6) is 1.70. The van der Waals surface area contributed by atoms with E-state index >= 15 is 0 Å². The first-order valence-corrected chi connectivity index (χ1v) is 9.13. The van der Waals surface area contributed by atoms with Crippen molar-refractivity contribution in [2.75, 3.05) is 7.11 Å². The zero-order chi connectivity index (χ0) is 19.1. The minimum absolute atomic E-state index is 0.0790. The fraction of sp³-hybridized carbons (Fsp3) is 0.381. The Bertz CT molecular complexity index is 698. The van der Waals surface area contributed by atoms with E-state index in [-0.39, 0.29) is 11.9 Å². The number of halogens is 1. The quantitative estimate of drug-likeness (QED) is 0.704. The summed E-state index contributed by atoms with van der Waals surface area (Å²) >= 11 is 5.87. The monoisotopic (exact) mass is 375 g/mol. The van der Waals surface area contributed by atoms with Gasteiger partial charge >= 0.3 is 0 Å². The van der Waals surface area contributed by atoms with Crippen molar-refractivity contribution in [3.8, 4) is 11.5 Å². The summed E-state index contributed by atoms with van der Waals surface area (Å²) < 4.78 is 10.9. The normalized spacial score (nSPS) is 13.2. The number of benzene rings is 2. The number of hydrogen-bond acceptors (Lipinski definition) is 3. The molecule has 0 saturated heterocycles. The minimum Gasteiger partial charge on any atom is -0.497 e. The van der Waals surface area contributed by atoms with E-state index in [0.717, 1.165) is 17.7 Å². The highest BCUT2D eigenvalue weighted by atomic mass is 35.5. The van der Waals surface area contributed by atoms with Gasteiger partial charge in [0, 0.05) is 5.02 Å². The van der Waals surface area contributed by atoms with Crippen molar-refractivity contribution in [3.63, 3.8) is 0 Å². The zero-order valence-corrected chi connectivity index (χ0v) is 16.4. The van der Waals surface area contributed by atoms with Gasteiger partial charge in [-0.15, -0.1) is 0 Å². The van der Waals surface area contributed by atoms with E-state index in [1.807, 2.05) is 24.3 Å². The molecule has 0 heterocycles. The van der Waals surface area contributed by atoms with Crippen molar-refractivity contribution in [3.05, 3.63) is 59.1 Å². The van der Waals surface area contributed by atoms with Gasteiger partial charge in [0.1, 0.15) is 11.5 Å². The highest BCUT2D eigenvalue weighted by Gasteiger charge is 2.21. The van der Waals surface area contributed by atoms with Crippen LogP contribution in [0, 0.1) is 5.92 Å². The van der Waals surface area contributed by atoms with E-state index < -0.39 is 6.10 Å². The van der Waals surface area contributed by atoms with Crippen molar-refractivity contribution in [2.45, 2.75) is 39.3 Å². The van der Waals surface area contributed by atoms with Crippen LogP contribution in [0.2, 0.25) is 5.02 Å². The second-order valence-electron chi connectivity index (χ2n) is 6.68. The summed E-state index contributed by atoms with van der Waals surface area (Å²) in [6.45, 7) is 6.01. The van der Waals surface area contributed by atoms with Crippen molar-refractivity contribution in [1.29, 1.82) is 0 Å². The van der Waals surface area contributed by atoms with E-state index in [1.54, 1.807) is 38.3 Å². The van der Waals surface area contributed by atoms with E-state index in [0.29, 0.717) is 16.7 Å². The van der Waals surface area contributed by atoms with Gasteiger partial charge in [0.25, 0.3) is 5.91 Å². The van der Waals surface area contributed by atoms with Crippen molar-refractivity contribution < 1.29 is 14.3 Å². The summed E-state index contributed by atoms with van der Waals surface area (Å²) in [4.78, 5) is 12.6. The molecule has 0 unspecified atom stereocenters. The molecule has 1 N–H and O–H groups in total. The van der Waals surface area contributed by atoms with Crippen LogP contribution in [0.1, 0.15) is 38.8 Å². The van der Waals surface area contributed by atoms with Gasteiger partial charge in [-0.1, -0.05) is 37.6 Å². The molecule has 1 amide bonds. The first kappa shape index (κ1) is 20.1. The standard InChI is InChI=1S/C21H26ClNO3/c1-14(2)13-20(16-5-9-18(25-4)10-6-16)23-21(24)15(3)26-19-11-7-17(22)8-12-19/h5-12,14-15,20H,13H2,1-4H3,(H,23,24)/t15-,20+/m0/s1. The second-order valence-corrected chi connectivity index (χ2v) is 7.11. The summed E-state index contributed by atoms with van der Waals surface area (Å²) in [5, 5.41) is 3.73. The maximum Gasteiger partial charge on any atom is 0.261 e. The van der Waals surface area contributed by atoms with E-state index in [1.165, 1.54) is 0 Å². The Balaban J connectivity index is 2.05. The Morgan fingerprint density at radius 2 is 1.58 bits per heavy atom. The van der Waals surface area contributed by atoms with Gasteiger partial charge in [-0.05, 0) is 61.2 Å². The van der Waals surface area contributed by atoms with E-state index in [4.69, 9.17) is 21.1 Å². The fourth-order valence-corrected chi connectivity index (χ4v) is 2.77. The summed E-state index contributed by atoms with van der Waals surface area (Å²) in [6, 6.07) is 14.7. The zero-order valence-electron chi connectivity index (χ0n) is 15.7. The maximum atomic E-state index is 12.6. The molecule has 0 bridgehead atoms. The Hall–Kier alpha value is -2.20. The van der Waals surface area contributed by atoms with Crippen molar-refractivity contribution >= 4 is 17.5 Å². The first-order valence-electron chi connectivity index (χ1n) is 8.75. The van der Waals surface area contributed by atoms with Crippen LogP contribution in [0.25, 0.3) is 0 Å². The van der Waals surface area contributed by atoms with Crippen LogP contribution in [0.4, 0.5) is 0 Å². The largest absolute Gasteiger partial charge is 0.497 e. The third-order valence-electron chi connectivity index (χ3n) is 4.04. The second kappa shape index (κ2) is 9.48. The molecule has 4 nitrogen and oxygen atoms in total. The molecule has 5 heteroatoms. The SMILES string of the molecule is COc1ccc([C@@H](CC(C)C)NC(=O)[C@H](C)Oc2ccc(Cl)cc2)cc1. The average Bonchev–Trinajstić information content (AvgIpc) is 2.62. The third-order valence-corrected chi connectivity index (χ3v) is 4.29. The van der Waals surface area contributed by atoms with Gasteiger partial charge in [-0.2, -0.15) is 0 Å². The molecular weight excluding hydrogens is 350 g/mol. The van der Waals surface area contributed by atoms with Crippen LogP contribution >= 0.6 is 11.6 Å². The Kier molecular flexibility index (Phi) is 7.34. The molecule has 0 spiro atoms. The molecular formula is C21H26ClNO3. The van der Waals surface area contributed by atoms with Gasteiger partial charge in [0.2, 0.25) is 0 Å². The van der Waals surface area contributed by atoms with Gasteiger partial charge in [0.15, 0.2) is 6.10 Å². The molecule has 2 aromatic rings. The minimum atomic E-state index is -0.607. The van der Waals surface area contributed by atoms with Crippen LogP contribution in [-0.2, 0) is 4.79 Å². The lowest BCUT2D eigenvalue weighted by Crippen LogP contribution is -2.39. The lowest BCUT2D eigenvalue weighted by molar-refractivity contribution is -0.128. The number of carbonyl (C=O) groups excluding carboxylic acids is 1. The van der Waals surface area contributed by atoms with Crippen LogP contribution in [0.5, 0.6) is 11.5 Å². The first-order chi connectivity index (χ1) is 12.4. The van der Waals surface area contributed by atoms with Crippen LogP contribution in [0.15, 0.2) is 48.5 Å². The molecule has 2 atom stereocenters. The van der Waals surface area contributed by atoms with Gasteiger partial charge in [0.05, 0.1) is 13.2 Å². The van der Waals surface area contributed by atoms with Crippen LogP contribution < -0.4 is 14.8 Å². The molecule has 0 aliphatic rings. The molecule has 0 aromatic heterocycles. The fourth-order valence-electron chi connectivity index (χ4n) is 2.65. The van der Waals surface area contributed by atoms with Gasteiger partial charge in [-0.25, -0.2) is 0 Å². The summed E-state index contributed by atoms with van der Waals surface area (Å²) in [5.41, 5.74) is 1.05. The Labute approximate surface area is 160 Å². The Morgan fingerprint density at radius 3 is 2.12 bits per heavy atom. The predicted octanol–water partition coefficient (Wildman–Crippen LogP) is 5.02. The van der Waals surface area contributed by atoms with Crippen LogP contribution in [-0.4, -0.2) is 19.1 Å². The molecule has 0 radical (unpaired) electrons. The number of methoxy groups -OCH3 is 1. The number of nitrogens with one attached hydrogen (secondary N) is 1. The number of hydrogen-bond donors (Lipinski definition) is 1. The number of carbonyl (C=O) groups is 1. The Morgan fingerprint density at radius 1 is 1.00 bits per heavy atom. The molecule has 140 valence electrons. The number of amides is 1. The average molecular weight is 376 g/mol. The molecule has 2 rings (SSSR count). The molecule has 2 aromatic carbocycles. The summed E-state index contributed by atoms with van der Waals surface area (Å²) in [7, 11) is 1.64. The van der Waals surface area contributed by atoms with Gasteiger partial charge < -0.3 is 14.8 Å². The van der Waals surface area contributed by atoms with Gasteiger partial charge in [-0.3, -0.25) is 4.79 Å². The number of ether oxygens (including phenoxy) is 2. The van der Waals surface area contributed by atoms with Crippen LogP contribution in [0.3, 0.4) is 0 Å². The molecule has 0 saturated carbocycles. The lowest BCUT2D eigenvalue weighted by atomic mass is 9.96. The topological polar surface area (TPSA) is 47.6 Å². The lowest BCUT2D eigenvalue weighted by Gasteiger charge is -2.23. The number of rotatable bonds is 8. The highest BCUT2D eigenvalue weighted by Crippen LogP contribution is 2.24. The molecule has 26 heavy (non-hydrogen) atoms. The van der Waals surface area contributed by atoms with E-state index in [2.05, 4.69) is 19.2 Å². The molecule has 0 fully saturated rings. The smallest absolute Gasteiger partial charge is 0.261 e. The molecule has 0 aliphatic heterocycles. The highest BCUT2D eigenvalue weighted by molar-refractivity contribution is 6.30. The maximum absolute atomic E-state index is 12.6.